The van der Waals surface area contributed by atoms with Gasteiger partial charge >= 0.3 is 11.9 Å². The molecule has 244 valence electrons. The minimum Gasteiger partial charge on any atom is -0.497 e. The van der Waals surface area contributed by atoms with Gasteiger partial charge in [0.05, 0.1) is 51.0 Å². The number of fused-ring (bicyclic) bond motifs is 3. The number of hydrogen-bond donors (Lipinski definition) is 2. The average molecular weight is 638 g/mol. The van der Waals surface area contributed by atoms with Crippen LogP contribution in [0.25, 0.3) is 10.9 Å². The fourth-order valence-electron chi connectivity index (χ4n) is 5.89. The van der Waals surface area contributed by atoms with E-state index in [2.05, 4.69) is 5.32 Å². The van der Waals surface area contributed by atoms with Crippen LogP contribution in [-0.4, -0.2) is 69.0 Å². The maximum Gasteiger partial charge on any atom is 0.308 e. The van der Waals surface area contributed by atoms with Crippen LogP contribution >= 0.6 is 0 Å². The monoisotopic (exact) mass is 637 g/mol. The van der Waals surface area contributed by atoms with Crippen molar-refractivity contribution in [1.82, 2.24) is 9.88 Å². The van der Waals surface area contributed by atoms with Gasteiger partial charge in [0.25, 0.3) is 6.47 Å². The number of esters is 2. The predicted octanol–water partition coefficient (Wildman–Crippen LogP) is 1.80. The predicted molar refractivity (Wildman–Crippen MR) is 161 cm³/mol. The zero-order chi connectivity index (χ0) is 32.8. The summed E-state index contributed by atoms with van der Waals surface area (Å²) in [4.78, 5) is 60.5. The Labute approximate surface area is 264 Å². The van der Waals surface area contributed by atoms with Gasteiger partial charge in [-0.05, 0) is 61.2 Å². The molecule has 1 aliphatic carbocycles. The van der Waals surface area contributed by atoms with E-state index in [0.717, 1.165) is 10.9 Å². The van der Waals surface area contributed by atoms with Crippen molar-refractivity contribution < 1.29 is 52.4 Å². The summed E-state index contributed by atoms with van der Waals surface area (Å²) in [5.41, 5.74) is 8.35. The molecule has 1 aliphatic heterocycles. The Morgan fingerprint density at radius 1 is 1.11 bits per heavy atom. The SMILES string of the molecule is COc1ccc2c(c1)c(CC(=O)NCCOC(=O)CCC(=O)OC1(N)c3cc4c(cc3CCC1COC=O)OCO4)c(C)n2C=O. The summed E-state index contributed by atoms with van der Waals surface area (Å²) in [6.07, 6.45) is 1.17. The van der Waals surface area contributed by atoms with Crippen LogP contribution in [0.3, 0.4) is 0 Å². The lowest BCUT2D eigenvalue weighted by atomic mass is 9.77. The van der Waals surface area contributed by atoms with Crippen LogP contribution in [0.15, 0.2) is 30.3 Å². The number of methoxy groups -OCH3 is 1. The third kappa shape index (κ3) is 6.61. The number of amides is 1. The first-order valence-electron chi connectivity index (χ1n) is 14.7. The summed E-state index contributed by atoms with van der Waals surface area (Å²) < 4.78 is 33.6. The molecule has 1 amide bonds. The van der Waals surface area contributed by atoms with Crippen LogP contribution in [-0.2, 0) is 56.7 Å². The largest absolute Gasteiger partial charge is 0.497 e. The second kappa shape index (κ2) is 13.9. The van der Waals surface area contributed by atoms with Gasteiger partial charge in [0.15, 0.2) is 17.2 Å². The first-order chi connectivity index (χ1) is 22.2. The van der Waals surface area contributed by atoms with Crippen molar-refractivity contribution in [2.75, 3.05) is 33.7 Å². The lowest BCUT2D eigenvalue weighted by Crippen LogP contribution is -2.52. The molecule has 2 atom stereocenters. The maximum absolute atomic E-state index is 12.9. The zero-order valence-electron chi connectivity index (χ0n) is 25.5. The van der Waals surface area contributed by atoms with E-state index in [1.165, 1.54) is 11.7 Å². The van der Waals surface area contributed by atoms with Crippen LogP contribution in [0.5, 0.6) is 17.2 Å². The van der Waals surface area contributed by atoms with E-state index in [0.29, 0.717) is 65.3 Å². The van der Waals surface area contributed by atoms with Crippen LogP contribution in [0, 0.1) is 12.8 Å². The van der Waals surface area contributed by atoms with E-state index < -0.39 is 23.6 Å². The van der Waals surface area contributed by atoms with Crippen molar-refractivity contribution in [3.63, 3.8) is 0 Å². The number of benzene rings is 2. The highest BCUT2D eigenvalue weighted by atomic mass is 16.7. The van der Waals surface area contributed by atoms with E-state index in [1.807, 2.05) is 0 Å². The highest BCUT2D eigenvalue weighted by Crippen LogP contribution is 2.45. The van der Waals surface area contributed by atoms with E-state index in [4.69, 9.17) is 34.2 Å². The number of rotatable bonds is 14. The third-order valence-corrected chi connectivity index (χ3v) is 8.29. The molecular formula is C32H35N3O11. The quantitative estimate of drug-likeness (QED) is 0.0860. The van der Waals surface area contributed by atoms with Crippen molar-refractivity contribution in [2.24, 2.45) is 11.7 Å². The molecule has 0 radical (unpaired) electrons. The van der Waals surface area contributed by atoms with Gasteiger partial charge in [-0.3, -0.25) is 34.3 Å². The molecule has 0 saturated carbocycles. The standard InChI is InChI=1S/C32H35N3O11/c1-19-23(24-12-22(41-2)5-6-26(24)35(19)16-36)13-29(38)34-9-10-43-30(39)7-8-31(40)46-32(33)21(15-42-17-37)4-3-20-11-27-28(14-25(20)32)45-18-44-27/h5-6,11-12,14,16-17,21H,3-4,7-10,13,15,18,33H2,1-2H3,(H,34,38). The van der Waals surface area contributed by atoms with Gasteiger partial charge in [-0.15, -0.1) is 0 Å². The molecule has 46 heavy (non-hydrogen) atoms. The number of ether oxygens (including phenoxy) is 6. The van der Waals surface area contributed by atoms with Crippen LogP contribution in [0.2, 0.25) is 0 Å². The fraction of sp³-hybridized carbons (Fsp3) is 0.406. The van der Waals surface area contributed by atoms with Gasteiger partial charge in [0.1, 0.15) is 12.4 Å². The highest BCUT2D eigenvalue weighted by Gasteiger charge is 2.46. The second-order valence-corrected chi connectivity index (χ2v) is 11.0. The Morgan fingerprint density at radius 2 is 1.87 bits per heavy atom. The van der Waals surface area contributed by atoms with Gasteiger partial charge in [-0.2, -0.15) is 0 Å². The van der Waals surface area contributed by atoms with Gasteiger partial charge < -0.3 is 33.7 Å². The van der Waals surface area contributed by atoms with Crippen molar-refractivity contribution in [1.29, 1.82) is 0 Å². The minimum atomic E-state index is -1.63. The summed E-state index contributed by atoms with van der Waals surface area (Å²) >= 11 is 0. The Hall–Kier alpha value is -5.11. The zero-order valence-corrected chi connectivity index (χ0v) is 25.5. The number of nitrogens with zero attached hydrogens (tertiary/aromatic N) is 1. The topological polar surface area (TPSA) is 184 Å². The Balaban J connectivity index is 1.11. The third-order valence-electron chi connectivity index (χ3n) is 8.29. The molecule has 14 nitrogen and oxygen atoms in total. The smallest absolute Gasteiger partial charge is 0.308 e. The Bertz CT molecular complexity index is 1670. The van der Waals surface area contributed by atoms with Gasteiger partial charge in [-0.1, -0.05) is 0 Å². The Kier molecular flexibility index (Phi) is 9.75. The molecule has 2 aromatic carbocycles. The molecule has 0 saturated heterocycles. The molecule has 1 aromatic heterocycles. The molecule has 3 aromatic rings. The van der Waals surface area contributed by atoms with E-state index in [9.17, 15) is 24.0 Å². The number of aromatic nitrogens is 1. The van der Waals surface area contributed by atoms with Crippen LogP contribution < -0.4 is 25.3 Å². The first-order valence-corrected chi connectivity index (χ1v) is 14.7. The number of carbonyl (C=O) groups is 5. The average Bonchev–Trinajstić information content (AvgIpc) is 3.61. The van der Waals surface area contributed by atoms with Crippen LogP contribution in [0.1, 0.15) is 41.6 Å². The molecule has 3 N–H and O–H groups in total. The molecule has 2 heterocycles. The number of hydrogen-bond acceptors (Lipinski definition) is 12. The molecule has 2 aliphatic rings. The fourth-order valence-corrected chi connectivity index (χ4v) is 5.89. The van der Waals surface area contributed by atoms with E-state index in [-0.39, 0.29) is 51.7 Å². The highest BCUT2D eigenvalue weighted by molar-refractivity contribution is 5.94. The van der Waals surface area contributed by atoms with Crippen LogP contribution in [0.4, 0.5) is 0 Å². The summed E-state index contributed by atoms with van der Waals surface area (Å²) in [6, 6.07) is 8.72. The number of aryl methyl sites for hydroxylation is 1. The summed E-state index contributed by atoms with van der Waals surface area (Å²) in [6.45, 7) is 1.98. The van der Waals surface area contributed by atoms with Gasteiger partial charge in [0, 0.05) is 16.6 Å². The second-order valence-electron chi connectivity index (χ2n) is 11.0. The first kappa shape index (κ1) is 32.3. The maximum atomic E-state index is 12.9. The lowest BCUT2D eigenvalue weighted by Gasteiger charge is -2.41. The van der Waals surface area contributed by atoms with Crippen molar-refractivity contribution in [3.05, 3.63) is 52.7 Å². The Morgan fingerprint density at radius 3 is 2.61 bits per heavy atom. The molecule has 0 spiro atoms. The van der Waals surface area contributed by atoms with Crippen molar-refractivity contribution in [3.8, 4) is 17.2 Å². The van der Waals surface area contributed by atoms with E-state index in [1.54, 1.807) is 37.3 Å². The minimum absolute atomic E-state index is 0.000925. The lowest BCUT2D eigenvalue weighted by molar-refractivity contribution is -0.174. The molecule has 0 bridgehead atoms. The van der Waals surface area contributed by atoms with Crippen molar-refractivity contribution >= 4 is 41.6 Å². The van der Waals surface area contributed by atoms with E-state index >= 15 is 0 Å². The van der Waals surface area contributed by atoms with Crippen molar-refractivity contribution in [2.45, 2.75) is 44.8 Å². The summed E-state index contributed by atoms with van der Waals surface area (Å²) in [7, 11) is 1.53. The number of nitrogens with two attached hydrogens (primary N) is 1. The number of carbonyl (C=O) groups excluding carboxylic acids is 5. The molecular weight excluding hydrogens is 602 g/mol. The molecule has 2 unspecified atom stereocenters. The summed E-state index contributed by atoms with van der Waals surface area (Å²) in [5, 5.41) is 3.42. The molecule has 0 fully saturated rings. The molecule has 5 rings (SSSR count). The van der Waals surface area contributed by atoms with Gasteiger partial charge in [0.2, 0.25) is 19.1 Å². The molecule has 14 heteroatoms. The summed E-state index contributed by atoms with van der Waals surface area (Å²) in [5.74, 6) is -0.648. The number of nitrogens with one attached hydrogen (secondary N) is 1. The van der Waals surface area contributed by atoms with Gasteiger partial charge in [-0.25, -0.2) is 0 Å². The normalized spacial score (nSPS) is 17.9.